The first-order valence-corrected chi connectivity index (χ1v) is 8.37. The van der Waals surface area contributed by atoms with Crippen molar-refractivity contribution in [2.45, 2.75) is 65.1 Å². The Hall–Kier alpha value is -1.07. The normalized spacial score (nSPS) is 23.9. The summed E-state index contributed by atoms with van der Waals surface area (Å²) in [5, 5.41) is 0. The molecule has 0 N–H and O–H groups in total. The predicted octanol–water partition coefficient (Wildman–Crippen LogP) is 2.68. The van der Waals surface area contributed by atoms with E-state index >= 15 is 0 Å². The largest absolute Gasteiger partial charge is 0.496 e. The third kappa shape index (κ3) is 2.76. The van der Waals surface area contributed by atoms with Crippen LogP contribution >= 0.6 is 0 Å². The first-order chi connectivity index (χ1) is 10.3. The molecule has 2 aliphatic rings. The molecule has 0 aliphatic carbocycles. The molecule has 1 aromatic heterocycles. The minimum atomic E-state index is -0.327. The van der Waals surface area contributed by atoms with Gasteiger partial charge in [0.2, 0.25) is 0 Å². The van der Waals surface area contributed by atoms with E-state index in [-0.39, 0.29) is 18.3 Å². The van der Waals surface area contributed by atoms with Gasteiger partial charge in [0.1, 0.15) is 5.82 Å². The van der Waals surface area contributed by atoms with E-state index in [1.54, 1.807) is 0 Å². The number of nitrogens with zero attached hydrogens (tertiary/aromatic N) is 2. The number of rotatable bonds is 2. The predicted molar refractivity (Wildman–Crippen MR) is 90.8 cm³/mol. The molecule has 2 fully saturated rings. The van der Waals surface area contributed by atoms with Gasteiger partial charge in [-0.2, -0.15) is 0 Å². The third-order valence-electron chi connectivity index (χ3n) is 5.25. The number of hydrogen-bond acceptors (Lipinski definition) is 4. The Kier molecular flexibility index (Phi) is 3.98. The molecule has 0 aromatic carbocycles. The summed E-state index contributed by atoms with van der Waals surface area (Å²) in [5.41, 5.74) is 1.60. The highest BCUT2D eigenvalue weighted by Gasteiger charge is 2.51. The molecule has 0 bridgehead atoms. The summed E-state index contributed by atoms with van der Waals surface area (Å²) in [6, 6.07) is 2.17. The van der Waals surface area contributed by atoms with Gasteiger partial charge in [-0.1, -0.05) is 6.07 Å². The fourth-order valence-corrected chi connectivity index (χ4v) is 3.13. The number of hydrogen-bond donors (Lipinski definition) is 0. The molecular weight excluding hydrogens is 275 g/mol. The van der Waals surface area contributed by atoms with Gasteiger partial charge in [0.25, 0.3) is 0 Å². The second kappa shape index (κ2) is 5.53. The van der Waals surface area contributed by atoms with E-state index in [1.165, 1.54) is 24.8 Å². The molecule has 5 heteroatoms. The van der Waals surface area contributed by atoms with Crippen LogP contribution in [0.2, 0.25) is 0 Å². The number of piperidine rings is 1. The maximum Gasteiger partial charge on any atom is 0.496 e. The standard InChI is InChI=1S/C17H27BN2O2/c1-13-11-14(18-21-16(2,3)17(4,5)22-18)12-19-15(13)20-9-7-6-8-10-20/h11-12H,6-10H2,1-5H3. The molecular formula is C17H27BN2O2. The SMILES string of the molecule is Cc1cc(B2OC(C)(C)C(C)(C)O2)cnc1N1CCCCC1. The van der Waals surface area contributed by atoms with Crippen molar-refractivity contribution >= 4 is 18.4 Å². The van der Waals surface area contributed by atoms with Crippen molar-refractivity contribution in [1.29, 1.82) is 0 Å². The Bertz CT molecular complexity index is 538. The van der Waals surface area contributed by atoms with Gasteiger partial charge in [-0.3, -0.25) is 0 Å². The summed E-state index contributed by atoms with van der Waals surface area (Å²) >= 11 is 0. The topological polar surface area (TPSA) is 34.6 Å². The summed E-state index contributed by atoms with van der Waals surface area (Å²) in [5.74, 6) is 1.11. The van der Waals surface area contributed by atoms with Crippen molar-refractivity contribution in [3.63, 3.8) is 0 Å². The summed E-state index contributed by atoms with van der Waals surface area (Å²) in [6.45, 7) is 12.7. The van der Waals surface area contributed by atoms with Crippen LogP contribution in [0.15, 0.2) is 12.3 Å². The molecule has 120 valence electrons. The van der Waals surface area contributed by atoms with Crippen LogP contribution in [0.1, 0.15) is 52.5 Å². The van der Waals surface area contributed by atoms with Gasteiger partial charge in [0.05, 0.1) is 11.2 Å². The molecule has 4 nitrogen and oxygen atoms in total. The lowest BCUT2D eigenvalue weighted by Crippen LogP contribution is -2.41. The molecule has 0 spiro atoms. The van der Waals surface area contributed by atoms with E-state index in [0.29, 0.717) is 0 Å². The van der Waals surface area contributed by atoms with Gasteiger partial charge >= 0.3 is 7.12 Å². The van der Waals surface area contributed by atoms with Crippen molar-refractivity contribution in [2.24, 2.45) is 0 Å². The highest BCUT2D eigenvalue weighted by molar-refractivity contribution is 6.62. The molecule has 1 aromatic rings. The molecule has 0 unspecified atom stereocenters. The monoisotopic (exact) mass is 302 g/mol. The quantitative estimate of drug-likeness (QED) is 0.787. The lowest BCUT2D eigenvalue weighted by atomic mass is 9.79. The van der Waals surface area contributed by atoms with E-state index in [9.17, 15) is 0 Å². The Labute approximate surface area is 134 Å². The van der Waals surface area contributed by atoms with Crippen LogP contribution in [0, 0.1) is 6.92 Å². The second-order valence-electron chi connectivity index (χ2n) is 7.55. The number of anilines is 1. The maximum absolute atomic E-state index is 6.11. The molecule has 2 saturated heterocycles. The van der Waals surface area contributed by atoms with Gasteiger partial charge in [0.15, 0.2) is 0 Å². The third-order valence-corrected chi connectivity index (χ3v) is 5.25. The summed E-state index contributed by atoms with van der Waals surface area (Å²) in [4.78, 5) is 7.10. The molecule has 0 radical (unpaired) electrons. The van der Waals surface area contributed by atoms with Crippen LogP contribution in [0.3, 0.4) is 0 Å². The minimum absolute atomic E-state index is 0.308. The van der Waals surface area contributed by atoms with Crippen LogP contribution in [0.5, 0.6) is 0 Å². The van der Waals surface area contributed by atoms with Crippen molar-refractivity contribution in [3.05, 3.63) is 17.8 Å². The number of aromatic nitrogens is 1. The van der Waals surface area contributed by atoms with Crippen LogP contribution in [0.4, 0.5) is 5.82 Å². The van der Waals surface area contributed by atoms with Gasteiger partial charge < -0.3 is 14.2 Å². The lowest BCUT2D eigenvalue weighted by Gasteiger charge is -2.32. The average Bonchev–Trinajstić information content (AvgIpc) is 2.68. The molecule has 0 saturated carbocycles. The van der Waals surface area contributed by atoms with Crippen molar-refractivity contribution in [3.8, 4) is 0 Å². The van der Waals surface area contributed by atoms with Gasteiger partial charge in [0, 0.05) is 24.7 Å². The summed E-state index contributed by atoms with van der Waals surface area (Å²) < 4.78 is 12.2. The van der Waals surface area contributed by atoms with Gasteiger partial charge in [-0.25, -0.2) is 4.98 Å². The zero-order valence-corrected chi connectivity index (χ0v) is 14.5. The van der Waals surface area contributed by atoms with Crippen molar-refractivity contribution in [2.75, 3.05) is 18.0 Å². The molecule has 0 amide bonds. The maximum atomic E-state index is 6.11. The molecule has 3 heterocycles. The Morgan fingerprint density at radius 1 is 1.05 bits per heavy atom. The van der Waals surface area contributed by atoms with Crippen LogP contribution in [0.25, 0.3) is 0 Å². The zero-order valence-electron chi connectivity index (χ0n) is 14.5. The van der Waals surface area contributed by atoms with E-state index in [1.807, 2.05) is 6.20 Å². The van der Waals surface area contributed by atoms with E-state index < -0.39 is 0 Å². The average molecular weight is 302 g/mol. The number of aryl methyl sites for hydroxylation is 1. The highest BCUT2D eigenvalue weighted by atomic mass is 16.7. The van der Waals surface area contributed by atoms with Crippen molar-refractivity contribution < 1.29 is 9.31 Å². The second-order valence-corrected chi connectivity index (χ2v) is 7.55. The fourth-order valence-electron chi connectivity index (χ4n) is 3.13. The van der Waals surface area contributed by atoms with Crippen LogP contribution in [-0.2, 0) is 9.31 Å². The zero-order chi connectivity index (χ0) is 16.0. The molecule has 22 heavy (non-hydrogen) atoms. The highest BCUT2D eigenvalue weighted by Crippen LogP contribution is 2.36. The van der Waals surface area contributed by atoms with Crippen LogP contribution < -0.4 is 10.4 Å². The number of pyridine rings is 1. The first-order valence-electron chi connectivity index (χ1n) is 8.37. The van der Waals surface area contributed by atoms with E-state index in [4.69, 9.17) is 14.3 Å². The Balaban J connectivity index is 1.81. The smallest absolute Gasteiger partial charge is 0.399 e. The molecule has 3 rings (SSSR count). The lowest BCUT2D eigenvalue weighted by molar-refractivity contribution is 0.00578. The first kappa shape index (κ1) is 15.8. The van der Waals surface area contributed by atoms with Gasteiger partial charge in [-0.05, 0) is 59.4 Å². The van der Waals surface area contributed by atoms with Crippen LogP contribution in [-0.4, -0.2) is 36.4 Å². The summed E-state index contributed by atoms with van der Waals surface area (Å²) in [6.07, 6.45) is 5.78. The van der Waals surface area contributed by atoms with E-state index in [2.05, 4.69) is 45.6 Å². The summed E-state index contributed by atoms with van der Waals surface area (Å²) in [7, 11) is -0.327. The van der Waals surface area contributed by atoms with Gasteiger partial charge in [-0.15, -0.1) is 0 Å². The Morgan fingerprint density at radius 2 is 1.64 bits per heavy atom. The molecule has 2 aliphatic heterocycles. The van der Waals surface area contributed by atoms with E-state index in [0.717, 1.165) is 24.4 Å². The molecule has 0 atom stereocenters. The van der Waals surface area contributed by atoms with Crippen molar-refractivity contribution in [1.82, 2.24) is 4.98 Å². The Morgan fingerprint density at radius 3 is 2.18 bits per heavy atom. The minimum Gasteiger partial charge on any atom is -0.399 e. The fraction of sp³-hybridized carbons (Fsp3) is 0.706.